The summed E-state index contributed by atoms with van der Waals surface area (Å²) in [4.78, 5) is 8.80. The Bertz CT molecular complexity index is 610. The van der Waals surface area contributed by atoms with Gasteiger partial charge in [-0.15, -0.1) is 0 Å². The number of anilines is 2. The Morgan fingerprint density at radius 2 is 2.14 bits per heavy atom. The van der Waals surface area contributed by atoms with Gasteiger partial charge in [-0.2, -0.15) is 0 Å². The Hall–Kier alpha value is -1.78. The lowest BCUT2D eigenvalue weighted by molar-refractivity contribution is 0.252. The molecule has 21 heavy (non-hydrogen) atoms. The highest BCUT2D eigenvalue weighted by Gasteiger charge is 2.34. The number of nitrogens with zero attached hydrogens (tertiary/aromatic N) is 3. The molecule has 0 spiro atoms. The molecule has 5 nitrogen and oxygen atoms in total. The zero-order valence-corrected chi connectivity index (χ0v) is 13.0. The van der Waals surface area contributed by atoms with Crippen LogP contribution in [0.15, 0.2) is 18.6 Å². The van der Waals surface area contributed by atoms with Crippen molar-refractivity contribution < 1.29 is 0 Å². The third-order valence-electron chi connectivity index (χ3n) is 4.53. The summed E-state index contributed by atoms with van der Waals surface area (Å²) in [5, 5.41) is 3.53. The van der Waals surface area contributed by atoms with E-state index in [1.807, 2.05) is 10.6 Å². The molecule has 2 heterocycles. The van der Waals surface area contributed by atoms with Gasteiger partial charge in [-0.1, -0.05) is 26.7 Å². The van der Waals surface area contributed by atoms with E-state index < -0.39 is 0 Å². The SMILES string of the molecule is CC(C)CC1(CNc2nc(N)cn3ccnc23)CCCC1. The first kappa shape index (κ1) is 14.2. The van der Waals surface area contributed by atoms with E-state index in [-0.39, 0.29) is 0 Å². The molecule has 0 aliphatic heterocycles. The summed E-state index contributed by atoms with van der Waals surface area (Å²) in [6, 6.07) is 0. The van der Waals surface area contributed by atoms with Crippen LogP contribution in [0.4, 0.5) is 11.6 Å². The fraction of sp³-hybridized carbons (Fsp3) is 0.625. The Kier molecular flexibility index (Phi) is 3.74. The summed E-state index contributed by atoms with van der Waals surface area (Å²) < 4.78 is 1.93. The normalized spacial score (nSPS) is 17.7. The maximum absolute atomic E-state index is 5.88. The van der Waals surface area contributed by atoms with E-state index in [1.54, 1.807) is 12.4 Å². The van der Waals surface area contributed by atoms with Crippen molar-refractivity contribution in [2.45, 2.75) is 46.0 Å². The number of nitrogen functional groups attached to an aromatic ring is 1. The molecular weight excluding hydrogens is 262 g/mol. The number of rotatable bonds is 5. The molecule has 1 saturated carbocycles. The second-order valence-corrected chi connectivity index (χ2v) is 6.83. The maximum atomic E-state index is 5.88. The molecule has 114 valence electrons. The van der Waals surface area contributed by atoms with Crippen LogP contribution in [0.5, 0.6) is 0 Å². The highest BCUT2D eigenvalue weighted by molar-refractivity contribution is 5.64. The number of hydrogen-bond acceptors (Lipinski definition) is 4. The summed E-state index contributed by atoms with van der Waals surface area (Å²) >= 11 is 0. The number of nitrogens with one attached hydrogen (secondary N) is 1. The lowest BCUT2D eigenvalue weighted by atomic mass is 9.78. The first-order valence-electron chi connectivity index (χ1n) is 7.91. The van der Waals surface area contributed by atoms with Crippen molar-refractivity contribution in [1.82, 2.24) is 14.4 Å². The number of fused-ring (bicyclic) bond motifs is 1. The van der Waals surface area contributed by atoms with Crippen molar-refractivity contribution in [3.8, 4) is 0 Å². The van der Waals surface area contributed by atoms with Crippen LogP contribution < -0.4 is 11.1 Å². The predicted molar refractivity (Wildman–Crippen MR) is 86.2 cm³/mol. The molecule has 3 N–H and O–H groups in total. The van der Waals surface area contributed by atoms with Gasteiger partial charge in [0.05, 0.1) is 6.20 Å². The van der Waals surface area contributed by atoms with Gasteiger partial charge in [-0.05, 0) is 30.6 Å². The molecule has 2 aromatic heterocycles. The average Bonchev–Trinajstić information content (AvgIpc) is 3.04. The van der Waals surface area contributed by atoms with E-state index >= 15 is 0 Å². The second kappa shape index (κ2) is 5.54. The molecule has 0 atom stereocenters. The fourth-order valence-electron chi connectivity index (χ4n) is 3.79. The molecule has 0 unspecified atom stereocenters. The van der Waals surface area contributed by atoms with Gasteiger partial charge in [-0.25, -0.2) is 9.97 Å². The minimum Gasteiger partial charge on any atom is -0.382 e. The Labute approximate surface area is 126 Å². The zero-order valence-electron chi connectivity index (χ0n) is 13.0. The molecule has 0 aromatic carbocycles. The van der Waals surface area contributed by atoms with E-state index in [0.29, 0.717) is 11.2 Å². The van der Waals surface area contributed by atoms with Gasteiger partial charge in [-0.3, -0.25) is 0 Å². The molecule has 3 rings (SSSR count). The fourth-order valence-corrected chi connectivity index (χ4v) is 3.79. The van der Waals surface area contributed by atoms with Gasteiger partial charge in [0, 0.05) is 18.9 Å². The van der Waals surface area contributed by atoms with Crippen molar-refractivity contribution >= 4 is 17.3 Å². The van der Waals surface area contributed by atoms with Gasteiger partial charge >= 0.3 is 0 Å². The van der Waals surface area contributed by atoms with Crippen LogP contribution in [0, 0.1) is 11.3 Å². The quantitative estimate of drug-likeness (QED) is 0.885. The highest BCUT2D eigenvalue weighted by atomic mass is 15.1. The summed E-state index contributed by atoms with van der Waals surface area (Å²) in [6.07, 6.45) is 12.1. The molecule has 2 aromatic rings. The third-order valence-corrected chi connectivity index (χ3v) is 4.53. The Morgan fingerprint density at radius 1 is 1.38 bits per heavy atom. The number of nitrogens with two attached hydrogens (primary N) is 1. The van der Waals surface area contributed by atoms with Crippen LogP contribution in [0.25, 0.3) is 5.65 Å². The second-order valence-electron chi connectivity index (χ2n) is 6.83. The van der Waals surface area contributed by atoms with Crippen LogP contribution >= 0.6 is 0 Å². The summed E-state index contributed by atoms with van der Waals surface area (Å²) in [6.45, 7) is 5.58. The molecule has 0 radical (unpaired) electrons. The van der Waals surface area contributed by atoms with Crippen molar-refractivity contribution in [2.75, 3.05) is 17.6 Å². The summed E-state index contributed by atoms with van der Waals surface area (Å²) in [5.41, 5.74) is 7.14. The summed E-state index contributed by atoms with van der Waals surface area (Å²) in [5.74, 6) is 2.05. The number of hydrogen-bond donors (Lipinski definition) is 2. The van der Waals surface area contributed by atoms with Crippen LogP contribution in [0.3, 0.4) is 0 Å². The third kappa shape index (κ3) is 2.96. The van der Waals surface area contributed by atoms with Crippen molar-refractivity contribution in [1.29, 1.82) is 0 Å². The van der Waals surface area contributed by atoms with Crippen LogP contribution in [-0.2, 0) is 0 Å². The number of imidazole rings is 1. The first-order chi connectivity index (χ1) is 10.1. The van der Waals surface area contributed by atoms with Gasteiger partial charge in [0.2, 0.25) is 0 Å². The summed E-state index contributed by atoms with van der Waals surface area (Å²) in [7, 11) is 0. The monoisotopic (exact) mass is 287 g/mol. The van der Waals surface area contributed by atoms with E-state index in [1.165, 1.54) is 32.1 Å². The number of aromatic nitrogens is 3. The van der Waals surface area contributed by atoms with Crippen molar-refractivity contribution in [3.63, 3.8) is 0 Å². The molecule has 0 amide bonds. The zero-order chi connectivity index (χ0) is 14.9. The largest absolute Gasteiger partial charge is 0.382 e. The lowest BCUT2D eigenvalue weighted by Gasteiger charge is -2.31. The molecule has 1 fully saturated rings. The average molecular weight is 287 g/mol. The van der Waals surface area contributed by atoms with Gasteiger partial charge in [0.25, 0.3) is 0 Å². The van der Waals surface area contributed by atoms with E-state index in [4.69, 9.17) is 5.73 Å². The van der Waals surface area contributed by atoms with E-state index in [2.05, 4.69) is 29.1 Å². The lowest BCUT2D eigenvalue weighted by Crippen LogP contribution is -2.29. The standard InChI is InChI=1S/C16H25N5/c1-12(2)9-16(5-3-4-6-16)11-19-14-15-18-7-8-21(15)10-13(17)20-14/h7-8,10,12H,3-6,9,11,17H2,1-2H3,(H,19,20). The molecule has 0 saturated heterocycles. The minimum atomic E-state index is 0.407. The van der Waals surface area contributed by atoms with Crippen LogP contribution in [-0.4, -0.2) is 20.9 Å². The molecule has 0 bridgehead atoms. The van der Waals surface area contributed by atoms with Crippen molar-refractivity contribution in [2.24, 2.45) is 11.3 Å². The van der Waals surface area contributed by atoms with Gasteiger partial charge in [0.15, 0.2) is 11.5 Å². The van der Waals surface area contributed by atoms with Gasteiger partial charge in [0.1, 0.15) is 5.82 Å². The van der Waals surface area contributed by atoms with E-state index in [9.17, 15) is 0 Å². The van der Waals surface area contributed by atoms with Crippen molar-refractivity contribution in [3.05, 3.63) is 18.6 Å². The maximum Gasteiger partial charge on any atom is 0.180 e. The minimum absolute atomic E-state index is 0.407. The molecule has 5 heteroatoms. The smallest absolute Gasteiger partial charge is 0.180 e. The molecule has 1 aliphatic rings. The van der Waals surface area contributed by atoms with E-state index in [0.717, 1.165) is 23.9 Å². The highest BCUT2D eigenvalue weighted by Crippen LogP contribution is 2.43. The molecule has 1 aliphatic carbocycles. The van der Waals surface area contributed by atoms with Crippen LogP contribution in [0.2, 0.25) is 0 Å². The van der Waals surface area contributed by atoms with Crippen LogP contribution in [0.1, 0.15) is 46.0 Å². The first-order valence-corrected chi connectivity index (χ1v) is 7.91. The Balaban J connectivity index is 1.80. The predicted octanol–water partition coefficient (Wildman–Crippen LogP) is 3.33. The molecular formula is C16H25N5. The Morgan fingerprint density at radius 3 is 2.86 bits per heavy atom. The van der Waals surface area contributed by atoms with Gasteiger partial charge < -0.3 is 15.5 Å². The topological polar surface area (TPSA) is 68.2 Å².